The third kappa shape index (κ3) is 4.04. The van der Waals surface area contributed by atoms with E-state index in [1.54, 1.807) is 31.2 Å². The minimum atomic E-state index is -3.84. The summed E-state index contributed by atoms with van der Waals surface area (Å²) in [5.41, 5.74) is 1.19. The van der Waals surface area contributed by atoms with Crippen molar-refractivity contribution in [2.75, 3.05) is 19.0 Å². The van der Waals surface area contributed by atoms with Gasteiger partial charge in [0.25, 0.3) is 10.0 Å². The Labute approximate surface area is 162 Å². The van der Waals surface area contributed by atoms with Crippen molar-refractivity contribution in [3.63, 3.8) is 0 Å². The van der Waals surface area contributed by atoms with Crippen LogP contribution in [0.2, 0.25) is 0 Å². The van der Waals surface area contributed by atoms with E-state index >= 15 is 0 Å². The minimum Gasteiger partial charge on any atom is -0.495 e. The van der Waals surface area contributed by atoms with E-state index in [1.165, 1.54) is 31.4 Å². The first-order valence-electron chi connectivity index (χ1n) is 8.29. The fourth-order valence-corrected chi connectivity index (χ4v) is 4.30. The third-order valence-corrected chi connectivity index (χ3v) is 5.61. The highest BCUT2D eigenvalue weighted by atomic mass is 32.2. The second-order valence-electron chi connectivity index (χ2n) is 5.98. The summed E-state index contributed by atoms with van der Waals surface area (Å²) in [4.78, 5) is 16.3. The number of halogens is 1. The lowest BCUT2D eigenvalue weighted by atomic mass is 10.1. The maximum Gasteiger partial charge on any atom is 0.264 e. The zero-order valence-electron chi connectivity index (χ0n) is 15.2. The van der Waals surface area contributed by atoms with Crippen LogP contribution in [0.1, 0.15) is 12.5 Å². The van der Waals surface area contributed by atoms with E-state index in [9.17, 15) is 17.6 Å². The van der Waals surface area contributed by atoms with Crippen LogP contribution in [0.15, 0.2) is 59.1 Å². The molecule has 146 valence electrons. The van der Waals surface area contributed by atoms with Gasteiger partial charge in [-0.25, -0.2) is 12.8 Å². The van der Waals surface area contributed by atoms with Gasteiger partial charge >= 0.3 is 0 Å². The lowest BCUT2D eigenvalue weighted by Crippen LogP contribution is -2.25. The maximum atomic E-state index is 13.1. The van der Waals surface area contributed by atoms with Crippen molar-refractivity contribution < 1.29 is 22.3 Å². The van der Waals surface area contributed by atoms with Gasteiger partial charge in [0.05, 0.1) is 12.8 Å². The Morgan fingerprint density at radius 1 is 1.18 bits per heavy atom. The molecule has 28 heavy (non-hydrogen) atoms. The molecule has 0 spiro atoms. The molecule has 2 aromatic rings. The van der Waals surface area contributed by atoms with Crippen LogP contribution in [0.5, 0.6) is 5.75 Å². The Balaban J connectivity index is 1.81. The summed E-state index contributed by atoms with van der Waals surface area (Å²) in [6.45, 7) is 1.29. The van der Waals surface area contributed by atoms with Gasteiger partial charge in [0.2, 0.25) is 5.91 Å². The summed E-state index contributed by atoms with van der Waals surface area (Å²) in [5.74, 6) is -0.319. The molecule has 2 aromatic carbocycles. The fourth-order valence-electron chi connectivity index (χ4n) is 2.78. The number of carbonyl (C=O) groups is 1. The number of ether oxygens (including phenoxy) is 1. The zero-order chi connectivity index (χ0) is 20.3. The number of methoxy groups -OCH3 is 1. The molecule has 3 rings (SSSR count). The van der Waals surface area contributed by atoms with Crippen molar-refractivity contribution in [2.24, 2.45) is 4.99 Å². The molecule has 2 N–H and O–H groups in total. The van der Waals surface area contributed by atoms with Gasteiger partial charge < -0.3 is 10.1 Å². The SMILES string of the molecule is COc1ccccc1NC(=O)CN=C1NS(=O)(=O)C(c2ccc(F)cc2)=C1C. The van der Waals surface area contributed by atoms with Crippen LogP contribution < -0.4 is 14.8 Å². The molecule has 0 unspecified atom stereocenters. The van der Waals surface area contributed by atoms with Gasteiger partial charge in [0.1, 0.15) is 28.9 Å². The number of rotatable bonds is 5. The summed E-state index contributed by atoms with van der Waals surface area (Å²) < 4.78 is 45.5. The molecule has 0 radical (unpaired) electrons. The molecule has 0 saturated heterocycles. The number of amides is 1. The van der Waals surface area contributed by atoms with Gasteiger partial charge in [-0.15, -0.1) is 0 Å². The van der Waals surface area contributed by atoms with Crippen LogP contribution in [0.25, 0.3) is 4.91 Å². The Morgan fingerprint density at radius 3 is 2.54 bits per heavy atom. The monoisotopic (exact) mass is 403 g/mol. The normalized spacial score (nSPS) is 16.8. The van der Waals surface area contributed by atoms with E-state index in [4.69, 9.17) is 4.74 Å². The molecule has 1 amide bonds. The number of hydrogen-bond acceptors (Lipinski definition) is 5. The maximum absolute atomic E-state index is 13.1. The number of nitrogens with one attached hydrogen (secondary N) is 2. The van der Waals surface area contributed by atoms with E-state index in [-0.39, 0.29) is 17.3 Å². The predicted molar refractivity (Wildman–Crippen MR) is 105 cm³/mol. The van der Waals surface area contributed by atoms with Crippen molar-refractivity contribution in [3.05, 3.63) is 65.5 Å². The van der Waals surface area contributed by atoms with Crippen molar-refractivity contribution in [1.29, 1.82) is 0 Å². The highest BCUT2D eigenvalue weighted by Crippen LogP contribution is 2.30. The van der Waals surface area contributed by atoms with Crippen molar-refractivity contribution in [2.45, 2.75) is 6.92 Å². The Morgan fingerprint density at radius 2 is 1.86 bits per heavy atom. The fraction of sp³-hybridized carbons (Fsp3) is 0.158. The average molecular weight is 403 g/mol. The van der Waals surface area contributed by atoms with Crippen LogP contribution >= 0.6 is 0 Å². The number of nitrogens with zero attached hydrogens (tertiary/aromatic N) is 1. The number of aliphatic imine (C=N–C) groups is 1. The second-order valence-corrected chi connectivity index (χ2v) is 7.60. The van der Waals surface area contributed by atoms with Gasteiger partial charge in [-0.2, -0.15) is 0 Å². The highest BCUT2D eigenvalue weighted by molar-refractivity contribution is 8.00. The topological polar surface area (TPSA) is 96.9 Å². The Bertz CT molecular complexity index is 1080. The predicted octanol–water partition coefficient (Wildman–Crippen LogP) is 2.54. The molecule has 1 heterocycles. The molecule has 1 aliphatic heterocycles. The number of amidine groups is 1. The first-order valence-corrected chi connectivity index (χ1v) is 9.77. The van der Waals surface area contributed by atoms with Gasteiger partial charge in [-0.05, 0) is 36.8 Å². The minimum absolute atomic E-state index is 0.0105. The third-order valence-electron chi connectivity index (χ3n) is 4.06. The van der Waals surface area contributed by atoms with Crippen LogP contribution in [0.3, 0.4) is 0 Å². The molecule has 0 fully saturated rings. The van der Waals surface area contributed by atoms with E-state index in [1.807, 2.05) is 0 Å². The summed E-state index contributed by atoms with van der Waals surface area (Å²) in [5, 5.41) is 2.66. The molecule has 0 aromatic heterocycles. The van der Waals surface area contributed by atoms with E-state index < -0.39 is 21.7 Å². The van der Waals surface area contributed by atoms with Crippen LogP contribution in [-0.2, 0) is 14.8 Å². The van der Waals surface area contributed by atoms with Crippen molar-refractivity contribution in [3.8, 4) is 5.75 Å². The molecule has 0 saturated carbocycles. The largest absolute Gasteiger partial charge is 0.495 e. The summed E-state index contributed by atoms with van der Waals surface area (Å²) in [7, 11) is -2.35. The summed E-state index contributed by atoms with van der Waals surface area (Å²) >= 11 is 0. The molecule has 0 bridgehead atoms. The zero-order valence-corrected chi connectivity index (χ0v) is 16.0. The lowest BCUT2D eigenvalue weighted by molar-refractivity contribution is -0.114. The molecule has 7 nitrogen and oxygen atoms in total. The van der Waals surface area contributed by atoms with Gasteiger partial charge in [-0.1, -0.05) is 24.3 Å². The molecule has 9 heteroatoms. The Kier molecular flexibility index (Phi) is 5.46. The van der Waals surface area contributed by atoms with Crippen molar-refractivity contribution in [1.82, 2.24) is 4.72 Å². The molecule has 0 aliphatic carbocycles. The number of benzene rings is 2. The standard InChI is InChI=1S/C19H18FN3O4S/c1-12-18(13-7-9-14(20)10-8-13)28(25,26)23-19(12)21-11-17(24)22-15-5-3-4-6-16(15)27-2/h3-10H,11H2,1-2H3,(H,21,23)(H,22,24). The van der Waals surface area contributed by atoms with E-state index in [2.05, 4.69) is 15.0 Å². The second kappa shape index (κ2) is 7.81. The molecular formula is C19H18FN3O4S. The molecule has 1 aliphatic rings. The van der Waals surface area contributed by atoms with Gasteiger partial charge in [0.15, 0.2) is 0 Å². The quantitative estimate of drug-likeness (QED) is 0.802. The van der Waals surface area contributed by atoms with Gasteiger partial charge in [-0.3, -0.25) is 14.5 Å². The van der Waals surface area contributed by atoms with Crippen LogP contribution in [0.4, 0.5) is 10.1 Å². The first-order chi connectivity index (χ1) is 13.3. The first kappa shape index (κ1) is 19.6. The summed E-state index contributed by atoms with van der Waals surface area (Å²) in [6, 6.07) is 12.0. The highest BCUT2D eigenvalue weighted by Gasteiger charge is 2.32. The van der Waals surface area contributed by atoms with Crippen LogP contribution in [0, 0.1) is 5.82 Å². The lowest BCUT2D eigenvalue weighted by Gasteiger charge is -2.08. The smallest absolute Gasteiger partial charge is 0.264 e. The number of sulfonamides is 1. The van der Waals surface area contributed by atoms with Crippen molar-refractivity contribution >= 4 is 32.4 Å². The number of carbonyl (C=O) groups excluding carboxylic acids is 1. The van der Waals surface area contributed by atoms with E-state index in [0.717, 1.165) is 0 Å². The molecular weight excluding hydrogens is 385 g/mol. The van der Waals surface area contributed by atoms with E-state index in [0.29, 0.717) is 22.6 Å². The molecule has 0 atom stereocenters. The number of hydrogen-bond donors (Lipinski definition) is 2. The Hall–Kier alpha value is -3.20. The van der Waals surface area contributed by atoms with Crippen LogP contribution in [-0.4, -0.2) is 33.8 Å². The van der Waals surface area contributed by atoms with Gasteiger partial charge in [0, 0.05) is 5.57 Å². The summed E-state index contributed by atoms with van der Waals surface area (Å²) in [6.07, 6.45) is 0. The number of anilines is 1. The number of para-hydroxylation sites is 2. The average Bonchev–Trinajstić information content (AvgIpc) is 2.90.